The molecule has 1 heterocycles. The molecule has 1 unspecified atom stereocenters. The largest absolute Gasteiger partial charge is 0.492 e. The van der Waals surface area contributed by atoms with Gasteiger partial charge in [-0.1, -0.05) is 37.3 Å². The monoisotopic (exact) mass is 378 g/mol. The van der Waals surface area contributed by atoms with Crippen LogP contribution in [0.1, 0.15) is 37.4 Å². The van der Waals surface area contributed by atoms with E-state index >= 15 is 0 Å². The number of nitrogens with zero attached hydrogens (tertiary/aromatic N) is 1. The minimum atomic E-state index is -0.619. The molecular weight excluding hydrogens is 352 g/mol. The molecule has 2 aromatic carbocycles. The zero-order chi connectivity index (χ0) is 20.3. The van der Waals surface area contributed by atoms with Gasteiger partial charge in [-0.05, 0) is 50.5 Å². The molecule has 0 spiro atoms. The third-order valence-electron chi connectivity index (χ3n) is 4.93. The van der Waals surface area contributed by atoms with Gasteiger partial charge < -0.3 is 10.1 Å². The van der Waals surface area contributed by atoms with Crippen LogP contribution in [-0.2, 0) is 4.79 Å². The highest BCUT2D eigenvalue weighted by molar-refractivity contribution is 5.96. The number of para-hydroxylation sites is 3. The van der Waals surface area contributed by atoms with Crippen molar-refractivity contribution in [2.24, 2.45) is 0 Å². The number of benzene rings is 2. The van der Waals surface area contributed by atoms with Crippen LogP contribution in [-0.4, -0.2) is 17.1 Å². The molecule has 0 saturated carbocycles. The van der Waals surface area contributed by atoms with Gasteiger partial charge in [0.2, 0.25) is 5.91 Å². The van der Waals surface area contributed by atoms with Gasteiger partial charge in [-0.3, -0.25) is 14.2 Å². The molecule has 0 aliphatic heterocycles. The maximum atomic E-state index is 13.2. The number of carbonyl (C=O) groups excluding carboxylic acids is 1. The molecule has 146 valence electrons. The van der Waals surface area contributed by atoms with Crippen LogP contribution in [0.5, 0.6) is 5.75 Å². The Morgan fingerprint density at radius 1 is 1.07 bits per heavy atom. The van der Waals surface area contributed by atoms with E-state index in [4.69, 9.17) is 4.74 Å². The van der Waals surface area contributed by atoms with Crippen LogP contribution in [0.3, 0.4) is 0 Å². The third-order valence-corrected chi connectivity index (χ3v) is 4.93. The van der Waals surface area contributed by atoms with Crippen molar-refractivity contribution in [3.63, 3.8) is 0 Å². The fourth-order valence-corrected chi connectivity index (χ4v) is 3.60. The topological polar surface area (TPSA) is 60.3 Å². The minimum Gasteiger partial charge on any atom is -0.492 e. The van der Waals surface area contributed by atoms with E-state index in [0.717, 1.165) is 22.0 Å². The standard InChI is InChI=1S/C23H26N2O3/c1-5-19(23(27)24-18-12-7-8-13-20(18)28-6-2)25-21(26)14-16(4)17-11-9-10-15(3)22(17)25/h7-14,19H,5-6H2,1-4H3,(H,24,27). The van der Waals surface area contributed by atoms with Gasteiger partial charge in [-0.15, -0.1) is 0 Å². The molecule has 0 bridgehead atoms. The number of pyridine rings is 1. The number of amides is 1. The molecule has 5 nitrogen and oxygen atoms in total. The summed E-state index contributed by atoms with van der Waals surface area (Å²) in [4.78, 5) is 26.1. The van der Waals surface area contributed by atoms with Crippen LogP contribution in [0, 0.1) is 13.8 Å². The molecule has 5 heteroatoms. The summed E-state index contributed by atoms with van der Waals surface area (Å²) in [7, 11) is 0. The first-order valence-corrected chi connectivity index (χ1v) is 9.62. The maximum absolute atomic E-state index is 13.2. The van der Waals surface area contributed by atoms with Gasteiger partial charge >= 0.3 is 0 Å². The second-order valence-corrected chi connectivity index (χ2v) is 6.85. The van der Waals surface area contributed by atoms with Crippen molar-refractivity contribution in [2.45, 2.75) is 40.2 Å². The Labute approximate surface area is 165 Å². The highest BCUT2D eigenvalue weighted by Gasteiger charge is 2.23. The van der Waals surface area contributed by atoms with Crippen LogP contribution in [0.15, 0.2) is 53.3 Å². The summed E-state index contributed by atoms with van der Waals surface area (Å²) in [6.07, 6.45) is 0.495. The molecule has 0 aliphatic carbocycles. The molecule has 1 atom stereocenters. The Hall–Kier alpha value is -3.08. The van der Waals surface area contributed by atoms with Crippen molar-refractivity contribution in [1.29, 1.82) is 0 Å². The molecule has 3 rings (SSSR count). The van der Waals surface area contributed by atoms with Crippen LogP contribution < -0.4 is 15.6 Å². The van der Waals surface area contributed by atoms with E-state index in [1.54, 1.807) is 16.7 Å². The summed E-state index contributed by atoms with van der Waals surface area (Å²) in [6.45, 7) is 8.20. The molecule has 1 N–H and O–H groups in total. The summed E-state index contributed by atoms with van der Waals surface area (Å²) in [5.74, 6) is 0.385. The van der Waals surface area contributed by atoms with E-state index < -0.39 is 6.04 Å². The zero-order valence-electron chi connectivity index (χ0n) is 16.8. The average Bonchev–Trinajstić information content (AvgIpc) is 2.67. The summed E-state index contributed by atoms with van der Waals surface area (Å²) in [5, 5.41) is 3.93. The smallest absolute Gasteiger partial charge is 0.252 e. The minimum absolute atomic E-state index is 0.167. The van der Waals surface area contributed by atoms with Gasteiger partial charge in [0, 0.05) is 11.5 Å². The van der Waals surface area contributed by atoms with Crippen molar-refractivity contribution < 1.29 is 9.53 Å². The van der Waals surface area contributed by atoms with Crippen molar-refractivity contribution in [1.82, 2.24) is 4.57 Å². The van der Waals surface area contributed by atoms with Crippen molar-refractivity contribution in [3.8, 4) is 5.75 Å². The highest BCUT2D eigenvalue weighted by Crippen LogP contribution is 2.27. The fourth-order valence-electron chi connectivity index (χ4n) is 3.60. The van der Waals surface area contributed by atoms with Gasteiger partial charge in [0.1, 0.15) is 11.8 Å². The fraction of sp³-hybridized carbons (Fsp3) is 0.304. The van der Waals surface area contributed by atoms with Crippen molar-refractivity contribution in [3.05, 3.63) is 70.0 Å². The lowest BCUT2D eigenvalue weighted by molar-refractivity contribution is -0.119. The maximum Gasteiger partial charge on any atom is 0.252 e. The predicted octanol–water partition coefficient (Wildman–Crippen LogP) is 4.61. The lowest BCUT2D eigenvalue weighted by Gasteiger charge is -2.22. The lowest BCUT2D eigenvalue weighted by atomic mass is 10.0. The van der Waals surface area contributed by atoms with Gasteiger partial charge in [0.15, 0.2) is 0 Å². The van der Waals surface area contributed by atoms with E-state index in [9.17, 15) is 9.59 Å². The second kappa shape index (κ2) is 8.30. The van der Waals surface area contributed by atoms with Gasteiger partial charge in [-0.25, -0.2) is 0 Å². The number of rotatable bonds is 6. The number of carbonyl (C=O) groups is 1. The first-order valence-electron chi connectivity index (χ1n) is 9.62. The first-order chi connectivity index (χ1) is 13.5. The number of anilines is 1. The Kier molecular flexibility index (Phi) is 5.83. The molecular formula is C23H26N2O3. The Balaban J connectivity index is 2.08. The molecule has 1 amide bonds. The van der Waals surface area contributed by atoms with E-state index in [2.05, 4.69) is 5.32 Å². The SMILES string of the molecule is CCOc1ccccc1NC(=O)C(CC)n1c(=O)cc(C)c2cccc(C)c21. The van der Waals surface area contributed by atoms with E-state index in [-0.39, 0.29) is 11.5 Å². The molecule has 3 aromatic rings. The van der Waals surface area contributed by atoms with Crippen molar-refractivity contribution >= 4 is 22.5 Å². The number of aryl methyl sites for hydroxylation is 2. The number of nitrogens with one attached hydrogen (secondary N) is 1. The summed E-state index contributed by atoms with van der Waals surface area (Å²) >= 11 is 0. The summed E-state index contributed by atoms with van der Waals surface area (Å²) in [5.41, 5.74) is 3.14. The summed E-state index contributed by atoms with van der Waals surface area (Å²) in [6, 6.07) is 14.2. The molecule has 1 aromatic heterocycles. The van der Waals surface area contributed by atoms with E-state index in [1.807, 2.05) is 64.1 Å². The lowest BCUT2D eigenvalue weighted by Crippen LogP contribution is -2.33. The predicted molar refractivity (Wildman–Crippen MR) is 113 cm³/mol. The van der Waals surface area contributed by atoms with Gasteiger partial charge in [-0.2, -0.15) is 0 Å². The third kappa shape index (κ3) is 3.65. The number of aromatic nitrogens is 1. The van der Waals surface area contributed by atoms with Crippen LogP contribution in [0.25, 0.3) is 10.9 Å². The molecule has 0 aliphatic rings. The number of ether oxygens (including phenoxy) is 1. The number of hydrogen-bond donors (Lipinski definition) is 1. The van der Waals surface area contributed by atoms with Crippen LogP contribution >= 0.6 is 0 Å². The second-order valence-electron chi connectivity index (χ2n) is 6.85. The van der Waals surface area contributed by atoms with E-state index in [1.165, 1.54) is 0 Å². The van der Waals surface area contributed by atoms with Gasteiger partial charge in [0.05, 0.1) is 17.8 Å². The van der Waals surface area contributed by atoms with E-state index in [0.29, 0.717) is 24.5 Å². The van der Waals surface area contributed by atoms with Gasteiger partial charge in [0.25, 0.3) is 5.56 Å². The summed E-state index contributed by atoms with van der Waals surface area (Å²) < 4.78 is 7.22. The molecule has 0 radical (unpaired) electrons. The van der Waals surface area contributed by atoms with Crippen LogP contribution in [0.2, 0.25) is 0 Å². The van der Waals surface area contributed by atoms with Crippen LogP contribution in [0.4, 0.5) is 5.69 Å². The normalized spacial score (nSPS) is 12.0. The molecule has 28 heavy (non-hydrogen) atoms. The quantitative estimate of drug-likeness (QED) is 0.681. The molecule has 0 fully saturated rings. The number of hydrogen-bond acceptors (Lipinski definition) is 3. The van der Waals surface area contributed by atoms with Crippen molar-refractivity contribution in [2.75, 3.05) is 11.9 Å². The Morgan fingerprint density at radius 2 is 1.82 bits per heavy atom. The molecule has 0 saturated heterocycles. The highest BCUT2D eigenvalue weighted by atomic mass is 16.5. The number of fused-ring (bicyclic) bond motifs is 1. The Morgan fingerprint density at radius 3 is 2.54 bits per heavy atom. The Bertz CT molecular complexity index is 1070. The average molecular weight is 378 g/mol. The first kappa shape index (κ1) is 19.7. The zero-order valence-corrected chi connectivity index (χ0v) is 16.8.